The third-order valence-electron chi connectivity index (χ3n) is 1.91. The molecule has 8 heteroatoms. The molecule has 0 saturated carbocycles. The molecular weight excluding hydrogens is 290 g/mol. The van der Waals surface area contributed by atoms with E-state index in [-0.39, 0.29) is 0 Å². The summed E-state index contributed by atoms with van der Waals surface area (Å²) in [4.78, 5) is 13.5. The van der Waals surface area contributed by atoms with Crippen LogP contribution in [0, 0.1) is 10.1 Å². The van der Waals surface area contributed by atoms with Crippen LogP contribution in [-0.2, 0) is 6.54 Å². The number of nitro groups is 1. The molecule has 0 radical (unpaired) electrons. The highest BCUT2D eigenvalue weighted by atomic mass is 79.9. The van der Waals surface area contributed by atoms with Gasteiger partial charge >= 0.3 is 5.95 Å². The van der Waals surface area contributed by atoms with Crippen LogP contribution in [0.5, 0.6) is 0 Å². The average molecular weight is 304 g/mol. The van der Waals surface area contributed by atoms with E-state index in [0.717, 1.165) is 5.57 Å². The lowest BCUT2D eigenvalue weighted by molar-refractivity contribution is -0.394. The zero-order valence-corrected chi connectivity index (χ0v) is 11.3. The van der Waals surface area contributed by atoms with Crippen molar-refractivity contribution in [3.8, 4) is 0 Å². The van der Waals surface area contributed by atoms with Crippen LogP contribution in [0.4, 0.5) is 5.95 Å². The zero-order valence-electron chi connectivity index (χ0n) is 9.68. The first-order valence-corrected chi connectivity index (χ1v) is 5.84. The van der Waals surface area contributed by atoms with E-state index in [1.165, 1.54) is 4.68 Å². The molecule has 1 rings (SSSR count). The molecule has 1 heterocycles. The number of rotatable bonds is 6. The minimum absolute atomic E-state index is 0.329. The summed E-state index contributed by atoms with van der Waals surface area (Å²) in [6, 6.07) is 0.361. The predicted molar refractivity (Wildman–Crippen MR) is 66.7 cm³/mol. The summed E-state index contributed by atoms with van der Waals surface area (Å²) < 4.78 is 1.73. The van der Waals surface area contributed by atoms with Crippen molar-refractivity contribution in [2.75, 3.05) is 6.54 Å². The molecule has 17 heavy (non-hydrogen) atoms. The summed E-state index contributed by atoms with van der Waals surface area (Å²) in [7, 11) is 0. The molecule has 0 fully saturated rings. The summed E-state index contributed by atoms with van der Waals surface area (Å²) in [5.74, 6) is -0.415. The second-order valence-electron chi connectivity index (χ2n) is 3.88. The van der Waals surface area contributed by atoms with Crippen molar-refractivity contribution in [1.82, 2.24) is 20.1 Å². The normalized spacial score (nSPS) is 10.8. The molecule has 1 aromatic heterocycles. The Morgan fingerprint density at radius 1 is 1.71 bits per heavy atom. The molecule has 1 aromatic rings. The second kappa shape index (κ2) is 5.87. The highest BCUT2D eigenvalue weighted by Crippen LogP contribution is 2.13. The van der Waals surface area contributed by atoms with Gasteiger partial charge in [-0.2, -0.15) is 4.68 Å². The van der Waals surface area contributed by atoms with Gasteiger partial charge in [-0.3, -0.25) is 0 Å². The molecule has 94 valence electrons. The van der Waals surface area contributed by atoms with Crippen molar-refractivity contribution < 1.29 is 4.92 Å². The highest BCUT2D eigenvalue weighted by Gasteiger charge is 2.19. The van der Waals surface area contributed by atoms with E-state index in [4.69, 9.17) is 0 Å². The monoisotopic (exact) mass is 303 g/mol. The summed E-state index contributed by atoms with van der Waals surface area (Å²) in [6.07, 6.45) is 0. The van der Waals surface area contributed by atoms with Crippen molar-refractivity contribution in [1.29, 1.82) is 0 Å². The number of hydrogen-bond acceptors (Lipinski definition) is 5. The lowest BCUT2D eigenvalue weighted by Gasteiger charge is -2.09. The van der Waals surface area contributed by atoms with Gasteiger partial charge in [0.05, 0.1) is 6.54 Å². The SMILES string of the molecule is C=C(CNC(C)C)Cn1nc([N+](=O)[O-])nc1Br. The largest absolute Gasteiger partial charge is 0.492 e. The van der Waals surface area contributed by atoms with Gasteiger partial charge in [-0.1, -0.05) is 20.4 Å². The van der Waals surface area contributed by atoms with Gasteiger partial charge in [0.25, 0.3) is 4.73 Å². The average Bonchev–Trinajstić information content (AvgIpc) is 2.58. The predicted octanol–water partition coefficient (Wildman–Crippen LogP) is 1.50. The topological polar surface area (TPSA) is 85.9 Å². The fraction of sp³-hybridized carbons (Fsp3) is 0.556. The molecule has 0 saturated heterocycles. The number of hydrogen-bond donors (Lipinski definition) is 1. The van der Waals surface area contributed by atoms with Gasteiger partial charge in [0, 0.05) is 33.6 Å². The molecule has 0 bridgehead atoms. The van der Waals surface area contributed by atoms with Crippen LogP contribution in [0.2, 0.25) is 0 Å². The maximum atomic E-state index is 10.5. The summed E-state index contributed by atoms with van der Waals surface area (Å²) >= 11 is 3.12. The standard InChI is InChI=1S/C9H14BrN5O2/c1-6(2)11-4-7(3)5-14-8(10)12-9(13-14)15(16)17/h6,11H,3-5H2,1-2H3. The van der Waals surface area contributed by atoms with Crippen LogP contribution in [-0.4, -0.2) is 32.3 Å². The van der Waals surface area contributed by atoms with Crippen LogP contribution >= 0.6 is 15.9 Å². The highest BCUT2D eigenvalue weighted by molar-refractivity contribution is 9.10. The summed E-state index contributed by atoms with van der Waals surface area (Å²) in [6.45, 7) is 8.96. The van der Waals surface area contributed by atoms with Crippen molar-refractivity contribution in [3.63, 3.8) is 0 Å². The van der Waals surface area contributed by atoms with E-state index in [2.05, 4.69) is 37.9 Å². The number of nitrogens with zero attached hydrogens (tertiary/aromatic N) is 4. The van der Waals surface area contributed by atoms with E-state index in [9.17, 15) is 10.1 Å². The van der Waals surface area contributed by atoms with Crippen LogP contribution in [0.3, 0.4) is 0 Å². The zero-order chi connectivity index (χ0) is 13.0. The Balaban J connectivity index is 2.62. The Morgan fingerprint density at radius 2 is 2.35 bits per heavy atom. The molecule has 0 aromatic carbocycles. The lowest BCUT2D eigenvalue weighted by Crippen LogP contribution is -2.26. The molecule has 0 atom stereocenters. The van der Waals surface area contributed by atoms with Gasteiger partial charge in [0.2, 0.25) is 0 Å². The molecular formula is C9H14BrN5O2. The number of aromatic nitrogens is 3. The Hall–Kier alpha value is -1.28. The van der Waals surface area contributed by atoms with Crippen molar-refractivity contribution >= 4 is 21.9 Å². The van der Waals surface area contributed by atoms with Gasteiger partial charge in [-0.05, 0) is 15.5 Å². The van der Waals surface area contributed by atoms with Gasteiger partial charge in [-0.25, -0.2) is 0 Å². The molecule has 7 nitrogen and oxygen atoms in total. The molecule has 0 aliphatic rings. The number of nitrogens with one attached hydrogen (secondary N) is 1. The first-order valence-electron chi connectivity index (χ1n) is 5.05. The number of halogens is 1. The first-order chi connectivity index (χ1) is 7.90. The van der Waals surface area contributed by atoms with Crippen molar-refractivity contribution in [2.24, 2.45) is 0 Å². The Kier molecular flexibility index (Phi) is 4.76. The third-order valence-corrected chi connectivity index (χ3v) is 2.50. The van der Waals surface area contributed by atoms with Gasteiger partial charge in [0.15, 0.2) is 0 Å². The summed E-state index contributed by atoms with van der Waals surface area (Å²) in [5, 5.41) is 17.4. The Morgan fingerprint density at radius 3 is 2.82 bits per heavy atom. The maximum Gasteiger partial charge on any atom is 0.492 e. The molecule has 0 aliphatic heterocycles. The van der Waals surface area contributed by atoms with E-state index < -0.39 is 10.9 Å². The van der Waals surface area contributed by atoms with E-state index in [1.807, 2.05) is 13.8 Å². The quantitative estimate of drug-likeness (QED) is 0.489. The fourth-order valence-corrected chi connectivity index (χ4v) is 1.47. The van der Waals surface area contributed by atoms with Crippen molar-refractivity contribution in [3.05, 3.63) is 27.0 Å². The van der Waals surface area contributed by atoms with Crippen molar-refractivity contribution in [2.45, 2.75) is 26.4 Å². The molecule has 0 spiro atoms. The molecule has 1 N–H and O–H groups in total. The lowest BCUT2D eigenvalue weighted by atomic mass is 10.3. The smallest absolute Gasteiger partial charge is 0.390 e. The van der Waals surface area contributed by atoms with E-state index in [1.54, 1.807) is 0 Å². The minimum Gasteiger partial charge on any atom is -0.390 e. The minimum atomic E-state index is -0.629. The van der Waals surface area contributed by atoms with Crippen LogP contribution in [0.25, 0.3) is 0 Å². The maximum absolute atomic E-state index is 10.5. The summed E-state index contributed by atoms with van der Waals surface area (Å²) in [5.41, 5.74) is 0.874. The van der Waals surface area contributed by atoms with E-state index >= 15 is 0 Å². The van der Waals surface area contributed by atoms with Crippen LogP contribution in [0.1, 0.15) is 13.8 Å². The Bertz CT molecular complexity index is 429. The molecule has 0 amide bonds. The van der Waals surface area contributed by atoms with Gasteiger partial charge in [0.1, 0.15) is 0 Å². The van der Waals surface area contributed by atoms with Crippen LogP contribution in [0.15, 0.2) is 16.9 Å². The van der Waals surface area contributed by atoms with Crippen LogP contribution < -0.4 is 5.32 Å². The Labute approximate surface area is 107 Å². The molecule has 0 unspecified atom stereocenters. The second-order valence-corrected chi connectivity index (χ2v) is 4.59. The first kappa shape index (κ1) is 13.8. The third kappa shape index (κ3) is 4.23. The van der Waals surface area contributed by atoms with Gasteiger partial charge < -0.3 is 15.4 Å². The van der Waals surface area contributed by atoms with E-state index in [0.29, 0.717) is 23.9 Å². The fourth-order valence-electron chi connectivity index (χ4n) is 1.11. The molecule has 0 aliphatic carbocycles. The van der Waals surface area contributed by atoms with Gasteiger partial charge in [-0.15, -0.1) is 0 Å².